The van der Waals surface area contributed by atoms with Gasteiger partial charge < -0.3 is 10.4 Å². The largest absolute Gasteiger partial charge is 0.386 e. The van der Waals surface area contributed by atoms with E-state index in [1.165, 1.54) is 6.07 Å². The van der Waals surface area contributed by atoms with E-state index >= 15 is 0 Å². The van der Waals surface area contributed by atoms with Gasteiger partial charge in [0.25, 0.3) is 0 Å². The van der Waals surface area contributed by atoms with Crippen LogP contribution in [-0.2, 0) is 0 Å². The van der Waals surface area contributed by atoms with Gasteiger partial charge in [-0.25, -0.2) is 8.78 Å². The monoisotopic (exact) mass is 327 g/mol. The molecular formula is C14H12BrF2NO. The van der Waals surface area contributed by atoms with Crippen molar-refractivity contribution >= 4 is 21.6 Å². The van der Waals surface area contributed by atoms with Crippen LogP contribution >= 0.6 is 15.9 Å². The summed E-state index contributed by atoms with van der Waals surface area (Å²) in [6.07, 6.45) is -1.04. The van der Waals surface area contributed by atoms with E-state index in [0.717, 1.165) is 22.3 Å². The maximum Gasteiger partial charge on any atom is 0.131 e. The van der Waals surface area contributed by atoms with Crippen molar-refractivity contribution in [2.24, 2.45) is 0 Å². The van der Waals surface area contributed by atoms with Gasteiger partial charge in [0.05, 0.1) is 6.10 Å². The molecule has 2 aromatic carbocycles. The highest BCUT2D eigenvalue weighted by Crippen LogP contribution is 2.20. The number of rotatable bonds is 4. The van der Waals surface area contributed by atoms with E-state index in [-0.39, 0.29) is 12.1 Å². The molecule has 0 aliphatic carbocycles. The van der Waals surface area contributed by atoms with Crippen LogP contribution < -0.4 is 5.32 Å². The molecule has 0 bridgehead atoms. The Bertz CT molecular complexity index is 577. The van der Waals surface area contributed by atoms with Crippen molar-refractivity contribution in [2.75, 3.05) is 11.9 Å². The van der Waals surface area contributed by atoms with Crippen molar-refractivity contribution in [1.82, 2.24) is 0 Å². The maximum absolute atomic E-state index is 13.5. The molecular weight excluding hydrogens is 316 g/mol. The van der Waals surface area contributed by atoms with Gasteiger partial charge in [-0.3, -0.25) is 0 Å². The Labute approximate surface area is 118 Å². The lowest BCUT2D eigenvalue weighted by atomic mass is 10.1. The van der Waals surface area contributed by atoms with E-state index < -0.39 is 17.7 Å². The van der Waals surface area contributed by atoms with Crippen molar-refractivity contribution in [3.8, 4) is 0 Å². The summed E-state index contributed by atoms with van der Waals surface area (Å²) >= 11 is 3.33. The molecule has 1 atom stereocenters. The Morgan fingerprint density at radius 3 is 2.63 bits per heavy atom. The van der Waals surface area contributed by atoms with Crippen molar-refractivity contribution in [2.45, 2.75) is 6.10 Å². The quantitative estimate of drug-likeness (QED) is 0.893. The number of aliphatic hydroxyl groups excluding tert-OH is 1. The van der Waals surface area contributed by atoms with Crippen LogP contribution in [0.1, 0.15) is 11.7 Å². The zero-order valence-corrected chi connectivity index (χ0v) is 11.5. The highest BCUT2D eigenvalue weighted by atomic mass is 79.9. The number of benzene rings is 2. The van der Waals surface area contributed by atoms with Gasteiger partial charge in [-0.05, 0) is 24.3 Å². The van der Waals surface area contributed by atoms with Crippen LogP contribution in [0.5, 0.6) is 0 Å². The molecule has 0 heterocycles. The highest BCUT2D eigenvalue weighted by Gasteiger charge is 2.13. The van der Waals surface area contributed by atoms with Gasteiger partial charge in [0.15, 0.2) is 0 Å². The van der Waals surface area contributed by atoms with Crippen molar-refractivity contribution in [3.63, 3.8) is 0 Å². The van der Waals surface area contributed by atoms with E-state index in [0.29, 0.717) is 0 Å². The normalized spacial score (nSPS) is 12.2. The van der Waals surface area contributed by atoms with E-state index in [4.69, 9.17) is 0 Å². The molecule has 0 aliphatic heterocycles. The molecule has 0 fully saturated rings. The lowest BCUT2D eigenvalue weighted by molar-refractivity contribution is 0.186. The third kappa shape index (κ3) is 3.75. The first kappa shape index (κ1) is 14.0. The van der Waals surface area contributed by atoms with E-state index in [9.17, 15) is 13.9 Å². The van der Waals surface area contributed by atoms with Crippen LogP contribution in [0.3, 0.4) is 0 Å². The van der Waals surface area contributed by atoms with Crippen molar-refractivity contribution < 1.29 is 13.9 Å². The van der Waals surface area contributed by atoms with Gasteiger partial charge in [0, 0.05) is 28.3 Å². The molecule has 0 aromatic heterocycles. The fourth-order valence-corrected chi connectivity index (χ4v) is 2.09. The molecule has 2 aromatic rings. The van der Waals surface area contributed by atoms with Gasteiger partial charge in [0.1, 0.15) is 11.6 Å². The smallest absolute Gasteiger partial charge is 0.131 e. The SMILES string of the molecule is OC(CNc1cccc(Br)c1)c1ccc(F)cc1F. The first-order valence-electron chi connectivity index (χ1n) is 5.69. The predicted octanol–water partition coefficient (Wildman–Crippen LogP) is 3.87. The average Bonchev–Trinajstić information content (AvgIpc) is 2.36. The van der Waals surface area contributed by atoms with Gasteiger partial charge >= 0.3 is 0 Å². The highest BCUT2D eigenvalue weighted by molar-refractivity contribution is 9.10. The topological polar surface area (TPSA) is 32.3 Å². The summed E-state index contributed by atoms with van der Waals surface area (Å²) in [6.45, 7) is 0.138. The average molecular weight is 328 g/mol. The molecule has 0 saturated heterocycles. The number of nitrogens with one attached hydrogen (secondary N) is 1. The molecule has 0 aliphatic rings. The summed E-state index contributed by atoms with van der Waals surface area (Å²) in [5.41, 5.74) is 0.875. The summed E-state index contributed by atoms with van der Waals surface area (Å²) < 4.78 is 27.1. The van der Waals surface area contributed by atoms with Gasteiger partial charge in [-0.1, -0.05) is 28.1 Å². The molecule has 0 saturated carbocycles. The molecule has 0 amide bonds. The Balaban J connectivity index is 2.03. The Morgan fingerprint density at radius 2 is 1.95 bits per heavy atom. The minimum absolute atomic E-state index is 0.0731. The van der Waals surface area contributed by atoms with Crippen molar-refractivity contribution in [1.29, 1.82) is 0 Å². The molecule has 2 N–H and O–H groups in total. The fraction of sp³-hybridized carbons (Fsp3) is 0.143. The third-order valence-corrected chi connectivity index (χ3v) is 3.14. The van der Waals surface area contributed by atoms with Crippen LogP contribution in [0.4, 0.5) is 14.5 Å². The summed E-state index contributed by atoms with van der Waals surface area (Å²) in [6, 6.07) is 10.5. The van der Waals surface area contributed by atoms with Gasteiger partial charge in [-0.2, -0.15) is 0 Å². The van der Waals surface area contributed by atoms with Gasteiger partial charge in [-0.15, -0.1) is 0 Å². The van der Waals surface area contributed by atoms with E-state index in [2.05, 4.69) is 21.2 Å². The first-order chi connectivity index (χ1) is 9.06. The van der Waals surface area contributed by atoms with Crippen LogP contribution in [0.2, 0.25) is 0 Å². The Hall–Kier alpha value is -1.46. The number of hydrogen-bond acceptors (Lipinski definition) is 2. The second-order valence-electron chi connectivity index (χ2n) is 4.07. The van der Waals surface area contributed by atoms with Crippen LogP contribution in [0, 0.1) is 11.6 Å². The number of anilines is 1. The third-order valence-electron chi connectivity index (χ3n) is 2.65. The summed E-state index contributed by atoms with van der Waals surface area (Å²) in [5.74, 6) is -1.41. The second kappa shape index (κ2) is 6.12. The van der Waals surface area contributed by atoms with E-state index in [1.54, 1.807) is 0 Å². The first-order valence-corrected chi connectivity index (χ1v) is 6.48. The summed E-state index contributed by atoms with van der Waals surface area (Å²) in [4.78, 5) is 0. The molecule has 0 radical (unpaired) electrons. The molecule has 0 spiro atoms. The zero-order valence-electron chi connectivity index (χ0n) is 9.91. The minimum atomic E-state index is -1.04. The second-order valence-corrected chi connectivity index (χ2v) is 4.99. The minimum Gasteiger partial charge on any atom is -0.386 e. The standard InChI is InChI=1S/C14H12BrF2NO/c15-9-2-1-3-11(6-9)18-8-14(19)12-5-4-10(16)7-13(12)17/h1-7,14,18-19H,8H2. The molecule has 100 valence electrons. The zero-order chi connectivity index (χ0) is 13.8. The molecule has 19 heavy (non-hydrogen) atoms. The van der Waals surface area contributed by atoms with E-state index in [1.807, 2.05) is 24.3 Å². The number of halogens is 3. The fourth-order valence-electron chi connectivity index (χ4n) is 1.69. The summed E-state index contributed by atoms with van der Waals surface area (Å²) in [7, 11) is 0. The number of hydrogen-bond donors (Lipinski definition) is 2. The van der Waals surface area contributed by atoms with Crippen LogP contribution in [-0.4, -0.2) is 11.7 Å². The predicted molar refractivity (Wildman–Crippen MR) is 73.9 cm³/mol. The van der Waals surface area contributed by atoms with Crippen LogP contribution in [0.15, 0.2) is 46.9 Å². The lowest BCUT2D eigenvalue weighted by Crippen LogP contribution is -2.13. The lowest BCUT2D eigenvalue weighted by Gasteiger charge is -2.14. The molecule has 2 rings (SSSR count). The number of aliphatic hydroxyl groups is 1. The Morgan fingerprint density at radius 1 is 1.16 bits per heavy atom. The maximum atomic E-state index is 13.5. The molecule has 2 nitrogen and oxygen atoms in total. The van der Waals surface area contributed by atoms with Crippen molar-refractivity contribution in [3.05, 3.63) is 64.1 Å². The molecule has 1 unspecified atom stereocenters. The Kier molecular flexibility index (Phi) is 4.50. The molecule has 5 heteroatoms. The van der Waals surface area contributed by atoms with Gasteiger partial charge in [0.2, 0.25) is 0 Å². The summed E-state index contributed by atoms with van der Waals surface area (Å²) in [5, 5.41) is 12.9. The van der Waals surface area contributed by atoms with Crippen LogP contribution in [0.25, 0.3) is 0 Å².